The minimum atomic E-state index is -0.461. The van der Waals surface area contributed by atoms with Crippen molar-refractivity contribution in [1.29, 1.82) is 0 Å². The molecule has 0 N–H and O–H groups in total. The van der Waals surface area contributed by atoms with E-state index < -0.39 is 6.09 Å². The summed E-state index contributed by atoms with van der Waals surface area (Å²) in [6.45, 7) is 5.79. The third-order valence-electron chi connectivity index (χ3n) is 6.52. The molecule has 1 aliphatic heterocycles. The van der Waals surface area contributed by atoms with Crippen molar-refractivity contribution in [2.75, 3.05) is 16.3 Å². The van der Waals surface area contributed by atoms with Gasteiger partial charge in [-0.25, -0.2) is 4.79 Å². The molecule has 0 spiro atoms. The molecule has 6 nitrogen and oxygen atoms in total. The SMILES string of the molecule is CC(=O)N1c2ccc(-c3ccc(CC4CC4)nc3)cc2N(C(=O)Oc2cccc(C)c2)C[C@@H]1C. The number of fused-ring (bicyclic) bond motifs is 1. The fourth-order valence-corrected chi connectivity index (χ4v) is 4.63. The number of aromatic nitrogens is 1. The first-order valence-corrected chi connectivity index (χ1v) is 11.8. The van der Waals surface area contributed by atoms with Gasteiger partial charge in [-0.15, -0.1) is 0 Å². The number of benzene rings is 2. The number of aryl methyl sites for hydroxylation is 1. The van der Waals surface area contributed by atoms with Crippen LogP contribution in [0.15, 0.2) is 60.8 Å². The minimum absolute atomic E-state index is 0.0562. The quantitative estimate of drug-likeness (QED) is 0.501. The Morgan fingerprint density at radius 2 is 1.82 bits per heavy atom. The predicted molar refractivity (Wildman–Crippen MR) is 133 cm³/mol. The lowest BCUT2D eigenvalue weighted by Gasteiger charge is -2.40. The largest absolute Gasteiger partial charge is 0.419 e. The van der Waals surface area contributed by atoms with Gasteiger partial charge in [0.25, 0.3) is 0 Å². The average molecular weight is 456 g/mol. The summed E-state index contributed by atoms with van der Waals surface area (Å²) in [5.74, 6) is 1.23. The number of pyridine rings is 1. The number of nitrogens with zero attached hydrogens (tertiary/aromatic N) is 3. The molecule has 2 heterocycles. The lowest BCUT2D eigenvalue weighted by Crippen LogP contribution is -2.52. The van der Waals surface area contributed by atoms with E-state index in [-0.39, 0.29) is 11.9 Å². The van der Waals surface area contributed by atoms with Crippen molar-refractivity contribution in [2.45, 2.75) is 46.1 Å². The molecular weight excluding hydrogens is 426 g/mol. The Hall–Kier alpha value is -3.67. The summed E-state index contributed by atoms with van der Waals surface area (Å²) in [5, 5.41) is 0. The Morgan fingerprint density at radius 1 is 1.03 bits per heavy atom. The van der Waals surface area contributed by atoms with Crippen LogP contribution in [0, 0.1) is 12.8 Å². The van der Waals surface area contributed by atoms with Gasteiger partial charge >= 0.3 is 6.09 Å². The summed E-state index contributed by atoms with van der Waals surface area (Å²) in [6, 6.07) is 17.2. The summed E-state index contributed by atoms with van der Waals surface area (Å²) in [4.78, 5) is 33.7. The molecule has 2 amide bonds. The van der Waals surface area contributed by atoms with E-state index >= 15 is 0 Å². The number of hydrogen-bond acceptors (Lipinski definition) is 4. The monoisotopic (exact) mass is 455 g/mol. The van der Waals surface area contributed by atoms with E-state index in [4.69, 9.17) is 4.74 Å². The van der Waals surface area contributed by atoms with Gasteiger partial charge in [-0.05, 0) is 80.5 Å². The molecule has 0 radical (unpaired) electrons. The molecule has 0 bridgehead atoms. The highest BCUT2D eigenvalue weighted by Crippen LogP contribution is 2.39. The standard InChI is InChI=1S/C28H29N3O3/c1-18-5-4-6-25(13-18)34-28(33)30-17-19(2)31(20(3)32)26-12-10-22(15-27(26)30)23-9-11-24(29-16-23)14-21-7-8-21/h4-6,9-13,15-16,19,21H,7-8,14,17H2,1-3H3/t19-/m0/s1. The Labute approximate surface area is 200 Å². The lowest BCUT2D eigenvalue weighted by molar-refractivity contribution is -0.117. The maximum atomic E-state index is 13.3. The number of carbonyl (C=O) groups excluding carboxylic acids is 2. The van der Waals surface area contributed by atoms with Crippen LogP contribution in [-0.4, -0.2) is 29.6 Å². The Balaban J connectivity index is 1.48. The van der Waals surface area contributed by atoms with Crippen LogP contribution in [0.3, 0.4) is 0 Å². The maximum Gasteiger partial charge on any atom is 0.419 e. The van der Waals surface area contributed by atoms with Crippen molar-refractivity contribution in [3.8, 4) is 16.9 Å². The van der Waals surface area contributed by atoms with Gasteiger partial charge in [0, 0.05) is 30.9 Å². The van der Waals surface area contributed by atoms with E-state index in [0.717, 1.165) is 34.7 Å². The zero-order valence-electron chi connectivity index (χ0n) is 19.8. The van der Waals surface area contributed by atoms with Gasteiger partial charge in [0.05, 0.1) is 17.4 Å². The predicted octanol–water partition coefficient (Wildman–Crippen LogP) is 5.77. The molecule has 3 aromatic rings. The molecular formula is C28H29N3O3. The van der Waals surface area contributed by atoms with E-state index in [1.54, 1.807) is 22.8 Å². The second kappa shape index (κ2) is 8.93. The third-order valence-corrected chi connectivity index (χ3v) is 6.52. The zero-order chi connectivity index (χ0) is 23.8. The van der Waals surface area contributed by atoms with Crippen LogP contribution in [0.25, 0.3) is 11.1 Å². The van der Waals surface area contributed by atoms with Crippen molar-refractivity contribution in [2.24, 2.45) is 5.92 Å². The fraction of sp³-hybridized carbons (Fsp3) is 0.321. The topological polar surface area (TPSA) is 62.7 Å². The van der Waals surface area contributed by atoms with E-state index in [2.05, 4.69) is 17.1 Å². The van der Waals surface area contributed by atoms with Crippen molar-refractivity contribution < 1.29 is 14.3 Å². The molecule has 174 valence electrons. The molecule has 0 saturated heterocycles. The van der Waals surface area contributed by atoms with Gasteiger partial charge in [-0.2, -0.15) is 0 Å². The highest BCUT2D eigenvalue weighted by molar-refractivity contribution is 6.03. The van der Waals surface area contributed by atoms with Crippen molar-refractivity contribution in [3.05, 3.63) is 72.1 Å². The minimum Gasteiger partial charge on any atom is -0.410 e. The van der Waals surface area contributed by atoms with Gasteiger partial charge in [-0.1, -0.05) is 24.3 Å². The van der Waals surface area contributed by atoms with E-state index in [1.165, 1.54) is 12.8 Å². The van der Waals surface area contributed by atoms with Crippen LogP contribution >= 0.6 is 0 Å². The number of ether oxygens (including phenoxy) is 1. The van der Waals surface area contributed by atoms with Gasteiger partial charge in [0.2, 0.25) is 5.91 Å². The molecule has 0 unspecified atom stereocenters. The van der Waals surface area contributed by atoms with Gasteiger partial charge in [0.15, 0.2) is 0 Å². The van der Waals surface area contributed by atoms with Crippen LogP contribution < -0.4 is 14.5 Å². The first kappa shape index (κ1) is 22.1. The molecule has 1 aromatic heterocycles. The number of carbonyl (C=O) groups is 2. The van der Waals surface area contributed by atoms with E-state index in [0.29, 0.717) is 23.7 Å². The summed E-state index contributed by atoms with van der Waals surface area (Å²) in [7, 11) is 0. The Morgan fingerprint density at radius 3 is 2.50 bits per heavy atom. The van der Waals surface area contributed by atoms with Gasteiger partial charge in [0.1, 0.15) is 5.75 Å². The van der Waals surface area contributed by atoms with E-state index in [9.17, 15) is 9.59 Å². The number of rotatable bonds is 4. The molecule has 34 heavy (non-hydrogen) atoms. The van der Waals surface area contributed by atoms with Crippen LogP contribution in [-0.2, 0) is 11.2 Å². The second-order valence-electron chi connectivity index (χ2n) is 9.42. The zero-order valence-corrected chi connectivity index (χ0v) is 19.8. The molecule has 1 saturated carbocycles. The van der Waals surface area contributed by atoms with Crippen molar-refractivity contribution in [3.63, 3.8) is 0 Å². The highest BCUT2D eigenvalue weighted by atomic mass is 16.6. The second-order valence-corrected chi connectivity index (χ2v) is 9.42. The van der Waals surface area contributed by atoms with Crippen LogP contribution in [0.4, 0.5) is 16.2 Å². The van der Waals surface area contributed by atoms with Gasteiger partial charge in [-0.3, -0.25) is 14.7 Å². The number of anilines is 2. The van der Waals surface area contributed by atoms with E-state index in [1.807, 2.05) is 56.4 Å². The Kier molecular flexibility index (Phi) is 5.82. The Bertz CT molecular complexity index is 1230. The number of amides is 2. The van der Waals surface area contributed by atoms with Gasteiger partial charge < -0.3 is 9.64 Å². The van der Waals surface area contributed by atoms with Crippen molar-refractivity contribution >= 4 is 23.4 Å². The average Bonchev–Trinajstić information content (AvgIpc) is 3.62. The lowest BCUT2D eigenvalue weighted by atomic mass is 10.0. The first-order chi connectivity index (χ1) is 16.4. The third kappa shape index (κ3) is 4.53. The van der Waals surface area contributed by atoms with Crippen LogP contribution in [0.1, 0.15) is 37.9 Å². The fourth-order valence-electron chi connectivity index (χ4n) is 4.63. The molecule has 1 aliphatic carbocycles. The summed E-state index contributed by atoms with van der Waals surface area (Å²) in [6.07, 6.45) is 5.07. The maximum absolute atomic E-state index is 13.3. The summed E-state index contributed by atoms with van der Waals surface area (Å²) >= 11 is 0. The number of hydrogen-bond donors (Lipinski definition) is 0. The first-order valence-electron chi connectivity index (χ1n) is 11.8. The molecule has 1 atom stereocenters. The van der Waals surface area contributed by atoms with Crippen molar-refractivity contribution in [1.82, 2.24) is 4.98 Å². The molecule has 6 heteroatoms. The summed E-state index contributed by atoms with van der Waals surface area (Å²) in [5.41, 5.74) is 5.41. The smallest absolute Gasteiger partial charge is 0.410 e. The molecule has 2 aliphatic rings. The molecule has 5 rings (SSSR count). The van der Waals surface area contributed by atoms with Crippen LogP contribution in [0.5, 0.6) is 5.75 Å². The molecule has 2 aromatic carbocycles. The normalized spacial score (nSPS) is 17.3. The highest BCUT2D eigenvalue weighted by Gasteiger charge is 2.35. The molecule has 1 fully saturated rings. The van der Waals surface area contributed by atoms with Crippen LogP contribution in [0.2, 0.25) is 0 Å². The summed E-state index contributed by atoms with van der Waals surface area (Å²) < 4.78 is 5.71.